The second kappa shape index (κ2) is 4.59. The van der Waals surface area contributed by atoms with Crippen molar-refractivity contribution >= 4 is 25.8 Å². The average molecular weight is 311 g/mol. The lowest BCUT2D eigenvalue weighted by atomic mass is 9.74. The zero-order valence-electron chi connectivity index (χ0n) is 12.9. The van der Waals surface area contributed by atoms with Crippen LogP contribution in [0.4, 0.5) is 0 Å². The maximum Gasteiger partial charge on any atom is 0.291 e. The number of ketones is 2. The highest BCUT2D eigenvalue weighted by Crippen LogP contribution is 2.39. The van der Waals surface area contributed by atoms with Crippen LogP contribution in [0.5, 0.6) is 0 Å². The molecule has 1 heterocycles. The van der Waals surface area contributed by atoms with E-state index < -0.39 is 37.8 Å². The molecule has 0 aromatic rings. The number of nitrogens with one attached hydrogen (secondary N) is 1. The van der Waals surface area contributed by atoms with E-state index in [1.165, 1.54) is 12.2 Å². The van der Waals surface area contributed by atoms with E-state index in [1.807, 2.05) is 33.9 Å². The Hall–Kier alpha value is -1.31. The van der Waals surface area contributed by atoms with Crippen molar-refractivity contribution < 1.29 is 23.9 Å². The van der Waals surface area contributed by atoms with Gasteiger partial charge in [0.25, 0.3) is 11.7 Å². The van der Waals surface area contributed by atoms with E-state index in [4.69, 9.17) is 4.43 Å². The minimum atomic E-state index is -2.30. The van der Waals surface area contributed by atoms with Crippen molar-refractivity contribution in [2.75, 3.05) is 0 Å². The molecular formula is C14H21NO5Si. The van der Waals surface area contributed by atoms with Crippen LogP contribution >= 0.6 is 0 Å². The van der Waals surface area contributed by atoms with Crippen molar-refractivity contribution in [1.82, 2.24) is 5.32 Å². The van der Waals surface area contributed by atoms with Gasteiger partial charge in [0.05, 0.1) is 0 Å². The number of hydrogen-bond donors (Lipinski definition) is 2. The molecule has 1 aliphatic heterocycles. The topological polar surface area (TPSA) is 92.7 Å². The van der Waals surface area contributed by atoms with Crippen molar-refractivity contribution in [2.45, 2.75) is 56.7 Å². The van der Waals surface area contributed by atoms with Gasteiger partial charge in [-0.15, -0.1) is 0 Å². The molecule has 1 aliphatic carbocycles. The van der Waals surface area contributed by atoms with Crippen LogP contribution in [0.1, 0.15) is 20.8 Å². The Balaban J connectivity index is 2.29. The first-order valence-electron chi connectivity index (χ1n) is 6.88. The minimum Gasteiger partial charge on any atom is -0.404 e. The van der Waals surface area contributed by atoms with Crippen LogP contribution in [-0.2, 0) is 18.8 Å². The lowest BCUT2D eigenvalue weighted by Gasteiger charge is -2.48. The molecule has 1 amide bonds. The summed E-state index contributed by atoms with van der Waals surface area (Å²) < 4.78 is 5.97. The number of aliphatic hydroxyl groups is 1. The third-order valence-corrected chi connectivity index (χ3v) is 9.13. The Kier molecular flexibility index (Phi) is 3.51. The van der Waals surface area contributed by atoms with Crippen molar-refractivity contribution in [3.8, 4) is 0 Å². The van der Waals surface area contributed by atoms with Gasteiger partial charge in [0.1, 0.15) is 12.2 Å². The van der Waals surface area contributed by atoms with Crippen LogP contribution in [-0.4, -0.2) is 48.6 Å². The molecule has 1 spiro atoms. The molecule has 0 radical (unpaired) electrons. The second-order valence-corrected chi connectivity index (χ2v) is 11.9. The fraction of sp³-hybridized carbons (Fsp3) is 0.643. The molecule has 0 aromatic heterocycles. The fourth-order valence-corrected chi connectivity index (χ4v) is 3.40. The van der Waals surface area contributed by atoms with Crippen LogP contribution in [0.15, 0.2) is 12.2 Å². The minimum absolute atomic E-state index is 0.145. The van der Waals surface area contributed by atoms with Gasteiger partial charge in [-0.2, -0.15) is 0 Å². The number of hydrogen-bond acceptors (Lipinski definition) is 5. The van der Waals surface area contributed by atoms with Gasteiger partial charge in [0.15, 0.2) is 19.6 Å². The normalized spacial score (nSPS) is 33.1. The van der Waals surface area contributed by atoms with Crippen molar-refractivity contribution in [3.05, 3.63) is 12.2 Å². The van der Waals surface area contributed by atoms with Crippen molar-refractivity contribution in [3.63, 3.8) is 0 Å². The molecule has 1 saturated heterocycles. The highest BCUT2D eigenvalue weighted by Gasteiger charge is 2.61. The summed E-state index contributed by atoms with van der Waals surface area (Å²) in [5, 5.41) is 12.7. The largest absolute Gasteiger partial charge is 0.404 e. The molecule has 2 rings (SSSR count). The summed E-state index contributed by atoms with van der Waals surface area (Å²) in [5.74, 6) is -1.87. The first kappa shape index (κ1) is 16.1. The number of aliphatic hydroxyl groups excluding tert-OH is 1. The summed E-state index contributed by atoms with van der Waals surface area (Å²) in [7, 11) is -2.30. The van der Waals surface area contributed by atoms with Gasteiger partial charge in [-0.25, -0.2) is 0 Å². The van der Waals surface area contributed by atoms with Gasteiger partial charge in [-0.05, 0) is 30.3 Å². The highest BCUT2D eigenvalue weighted by molar-refractivity contribution is 6.74. The maximum atomic E-state index is 12.1. The summed E-state index contributed by atoms with van der Waals surface area (Å²) in [5.41, 5.74) is -1.50. The molecule has 1 fully saturated rings. The summed E-state index contributed by atoms with van der Waals surface area (Å²) in [4.78, 5) is 35.0. The summed E-state index contributed by atoms with van der Waals surface area (Å²) in [6.07, 6.45) is -0.0494. The summed E-state index contributed by atoms with van der Waals surface area (Å²) >= 11 is 0. The molecule has 7 heteroatoms. The van der Waals surface area contributed by atoms with Gasteiger partial charge in [0, 0.05) is 0 Å². The lowest BCUT2D eigenvalue weighted by molar-refractivity contribution is -0.160. The smallest absolute Gasteiger partial charge is 0.291 e. The molecule has 21 heavy (non-hydrogen) atoms. The Morgan fingerprint density at radius 2 is 1.86 bits per heavy atom. The third kappa shape index (κ3) is 2.29. The summed E-state index contributed by atoms with van der Waals surface area (Å²) in [6.45, 7) is 9.96. The van der Waals surface area contributed by atoms with Crippen LogP contribution in [0.2, 0.25) is 18.1 Å². The van der Waals surface area contributed by atoms with E-state index >= 15 is 0 Å². The molecule has 6 nitrogen and oxygen atoms in total. The van der Waals surface area contributed by atoms with Gasteiger partial charge >= 0.3 is 0 Å². The molecule has 2 aliphatic rings. The molecule has 0 bridgehead atoms. The van der Waals surface area contributed by atoms with Crippen molar-refractivity contribution in [2.24, 2.45) is 0 Å². The number of carbonyl (C=O) groups is 3. The first-order valence-corrected chi connectivity index (χ1v) is 9.79. The van der Waals surface area contributed by atoms with Crippen molar-refractivity contribution in [1.29, 1.82) is 0 Å². The Labute approximate surface area is 124 Å². The molecule has 0 aromatic carbocycles. The zero-order chi connectivity index (χ0) is 16.2. The van der Waals surface area contributed by atoms with E-state index in [-0.39, 0.29) is 10.8 Å². The predicted molar refractivity (Wildman–Crippen MR) is 78.1 cm³/mol. The quantitative estimate of drug-likeness (QED) is 0.435. The predicted octanol–water partition coefficient (Wildman–Crippen LogP) is 0.314. The van der Waals surface area contributed by atoms with E-state index in [1.54, 1.807) is 0 Å². The molecular weight excluding hydrogens is 290 g/mol. The van der Waals surface area contributed by atoms with Crippen LogP contribution in [0.25, 0.3) is 0 Å². The van der Waals surface area contributed by atoms with E-state index in [0.717, 1.165) is 0 Å². The standard InChI is InChI=1S/C14H21NO5Si/c1-13(2,3)21(4,5)20-9-8(16)6-7-14(10(9)17)11(18)12(19)15-14/h6-7,9-10,17H,1-5H3,(H,15,19). The zero-order valence-corrected chi connectivity index (χ0v) is 13.9. The maximum absolute atomic E-state index is 12.1. The van der Waals surface area contributed by atoms with E-state index in [9.17, 15) is 19.5 Å². The van der Waals surface area contributed by atoms with Gasteiger partial charge in [0.2, 0.25) is 0 Å². The Morgan fingerprint density at radius 3 is 2.29 bits per heavy atom. The molecule has 3 atom stereocenters. The molecule has 2 N–H and O–H groups in total. The molecule has 0 saturated carbocycles. The molecule has 116 valence electrons. The SMILES string of the molecule is CC(C)(C)[Si](C)(C)OC1C(=O)C=CC2(NC(=O)C2=O)C1O. The molecule has 3 unspecified atom stereocenters. The van der Waals surface area contributed by atoms with Crippen LogP contribution in [0.3, 0.4) is 0 Å². The average Bonchev–Trinajstić information content (AvgIpc) is 2.36. The highest BCUT2D eigenvalue weighted by atomic mass is 28.4. The monoisotopic (exact) mass is 311 g/mol. The van der Waals surface area contributed by atoms with Crippen LogP contribution < -0.4 is 5.32 Å². The summed E-state index contributed by atoms with van der Waals surface area (Å²) in [6, 6.07) is 0. The third-order valence-electron chi connectivity index (χ3n) is 4.67. The lowest BCUT2D eigenvalue weighted by Crippen LogP contribution is -2.78. The number of β-lactam (4-membered cyclic amide) rings is 1. The first-order chi connectivity index (χ1) is 9.42. The van der Waals surface area contributed by atoms with Gasteiger partial charge in [-0.3, -0.25) is 14.4 Å². The van der Waals surface area contributed by atoms with Crippen LogP contribution in [0, 0.1) is 0 Å². The number of carbonyl (C=O) groups excluding carboxylic acids is 3. The number of rotatable bonds is 2. The fourth-order valence-electron chi connectivity index (χ4n) is 2.17. The van der Waals surface area contributed by atoms with E-state index in [2.05, 4.69) is 5.32 Å². The van der Waals surface area contributed by atoms with Gasteiger partial charge < -0.3 is 14.8 Å². The number of Topliss-reactive ketones (excluding diaryl/α,β-unsaturated/α-hetero) is 1. The Morgan fingerprint density at radius 1 is 1.29 bits per heavy atom. The second-order valence-electron chi connectivity index (χ2n) is 7.13. The van der Waals surface area contributed by atoms with Gasteiger partial charge in [-0.1, -0.05) is 20.8 Å². The number of amides is 1. The van der Waals surface area contributed by atoms with E-state index in [0.29, 0.717) is 0 Å². The Bertz CT molecular complexity index is 548.